The summed E-state index contributed by atoms with van der Waals surface area (Å²) in [7, 11) is -1.64. The summed E-state index contributed by atoms with van der Waals surface area (Å²) in [5, 5.41) is 19.3. The number of alkyl halides is 2. The predicted molar refractivity (Wildman–Crippen MR) is 98.8 cm³/mol. The minimum absolute atomic E-state index is 0.0207. The van der Waals surface area contributed by atoms with Gasteiger partial charge in [-0.05, 0) is 18.2 Å². The van der Waals surface area contributed by atoms with E-state index in [0.717, 1.165) is 0 Å². The van der Waals surface area contributed by atoms with Crippen molar-refractivity contribution in [3.63, 3.8) is 0 Å². The number of amides is 1. The lowest BCUT2D eigenvalue weighted by Gasteiger charge is -2.31. The summed E-state index contributed by atoms with van der Waals surface area (Å²) in [6.07, 6.45) is 5.41. The maximum Gasteiger partial charge on any atom is 0.490 e. The number of likely N-dealkylation sites (tertiary alicyclic amines) is 1. The standard InChI is InChI=1S/C18H17BF2N4O3/c20-18(21)2-5-24(6-3-18)17(26)13-7-12-1-4-25(16(12)23-9-13)15-8-14(19(27)28)10-22-11-15/h1,4,7-11,27-28H,2-3,5-6H2. The second-order valence-corrected chi connectivity index (χ2v) is 6.82. The molecule has 3 aromatic rings. The number of piperidine rings is 1. The van der Waals surface area contributed by atoms with E-state index in [-0.39, 0.29) is 37.3 Å². The summed E-state index contributed by atoms with van der Waals surface area (Å²) < 4.78 is 28.3. The number of pyridine rings is 2. The lowest BCUT2D eigenvalue weighted by atomic mass is 9.81. The van der Waals surface area contributed by atoms with E-state index in [0.29, 0.717) is 22.3 Å². The van der Waals surface area contributed by atoms with Gasteiger partial charge in [0, 0.05) is 55.4 Å². The number of hydrogen-bond acceptors (Lipinski definition) is 5. The van der Waals surface area contributed by atoms with Crippen molar-refractivity contribution in [3.8, 4) is 5.69 Å². The molecule has 28 heavy (non-hydrogen) atoms. The van der Waals surface area contributed by atoms with Crippen LogP contribution in [0.4, 0.5) is 8.78 Å². The topological polar surface area (TPSA) is 91.5 Å². The molecular weight excluding hydrogens is 369 g/mol. The molecule has 4 heterocycles. The van der Waals surface area contributed by atoms with Crippen molar-refractivity contribution in [1.82, 2.24) is 19.4 Å². The molecule has 3 aromatic heterocycles. The van der Waals surface area contributed by atoms with Crippen molar-refractivity contribution in [1.29, 1.82) is 0 Å². The van der Waals surface area contributed by atoms with Crippen LogP contribution in [0.2, 0.25) is 0 Å². The third-order valence-corrected chi connectivity index (χ3v) is 4.88. The minimum atomic E-state index is -2.71. The highest BCUT2D eigenvalue weighted by molar-refractivity contribution is 6.58. The fourth-order valence-electron chi connectivity index (χ4n) is 3.29. The Balaban J connectivity index is 1.62. The van der Waals surface area contributed by atoms with Gasteiger partial charge in [-0.15, -0.1) is 0 Å². The molecule has 0 atom stereocenters. The quantitative estimate of drug-likeness (QED) is 0.655. The molecule has 7 nitrogen and oxygen atoms in total. The third-order valence-electron chi connectivity index (χ3n) is 4.88. The molecule has 0 unspecified atom stereocenters. The van der Waals surface area contributed by atoms with Gasteiger partial charge in [-0.25, -0.2) is 13.8 Å². The van der Waals surface area contributed by atoms with Gasteiger partial charge in [0.05, 0.1) is 17.4 Å². The number of carbonyl (C=O) groups is 1. The van der Waals surface area contributed by atoms with Crippen molar-refractivity contribution in [2.24, 2.45) is 0 Å². The molecule has 10 heteroatoms. The molecule has 1 aliphatic heterocycles. The van der Waals surface area contributed by atoms with Crippen LogP contribution in [0.15, 0.2) is 43.0 Å². The second-order valence-electron chi connectivity index (χ2n) is 6.82. The summed E-state index contributed by atoms with van der Waals surface area (Å²) in [6, 6.07) is 5.02. The van der Waals surface area contributed by atoms with Gasteiger partial charge in [0.1, 0.15) is 5.65 Å². The molecule has 0 bridgehead atoms. The highest BCUT2D eigenvalue weighted by Crippen LogP contribution is 2.28. The number of nitrogens with zero attached hydrogens (tertiary/aromatic N) is 4. The first-order valence-corrected chi connectivity index (χ1v) is 8.80. The zero-order chi connectivity index (χ0) is 19.9. The summed E-state index contributed by atoms with van der Waals surface area (Å²) in [6.45, 7) is 0.0413. The SMILES string of the molecule is O=C(c1cnc2c(ccn2-c2cncc(B(O)O)c2)c1)N1CCC(F)(F)CC1. The maximum absolute atomic E-state index is 13.3. The molecule has 0 radical (unpaired) electrons. The van der Waals surface area contributed by atoms with Crippen LogP contribution < -0.4 is 5.46 Å². The van der Waals surface area contributed by atoms with E-state index >= 15 is 0 Å². The molecule has 1 aliphatic rings. The van der Waals surface area contributed by atoms with Crippen LogP contribution in [0.5, 0.6) is 0 Å². The van der Waals surface area contributed by atoms with Gasteiger partial charge in [-0.2, -0.15) is 0 Å². The predicted octanol–water partition coefficient (Wildman–Crippen LogP) is 0.972. The molecule has 0 spiro atoms. The van der Waals surface area contributed by atoms with Gasteiger partial charge in [0.2, 0.25) is 0 Å². The van der Waals surface area contributed by atoms with E-state index in [4.69, 9.17) is 0 Å². The Labute approximate surface area is 159 Å². The summed E-state index contributed by atoms with van der Waals surface area (Å²) >= 11 is 0. The van der Waals surface area contributed by atoms with Crippen LogP contribution in [0.25, 0.3) is 16.7 Å². The number of carbonyl (C=O) groups excluding carboxylic acids is 1. The van der Waals surface area contributed by atoms with Gasteiger partial charge in [-0.1, -0.05) is 0 Å². The maximum atomic E-state index is 13.3. The second kappa shape index (κ2) is 6.95. The van der Waals surface area contributed by atoms with Gasteiger partial charge >= 0.3 is 7.12 Å². The Hall–Kier alpha value is -2.85. The Morgan fingerprint density at radius 2 is 1.89 bits per heavy atom. The van der Waals surface area contributed by atoms with Crippen molar-refractivity contribution >= 4 is 29.5 Å². The van der Waals surface area contributed by atoms with Crippen LogP contribution in [0.1, 0.15) is 23.2 Å². The van der Waals surface area contributed by atoms with Crippen molar-refractivity contribution in [2.45, 2.75) is 18.8 Å². The number of rotatable bonds is 3. The molecule has 1 saturated heterocycles. The third kappa shape index (κ3) is 3.48. The van der Waals surface area contributed by atoms with Crippen molar-refractivity contribution in [2.75, 3.05) is 13.1 Å². The first kappa shape index (κ1) is 18.5. The van der Waals surface area contributed by atoms with Crippen LogP contribution in [-0.2, 0) is 0 Å². The van der Waals surface area contributed by atoms with E-state index in [1.807, 2.05) is 0 Å². The largest absolute Gasteiger partial charge is 0.490 e. The molecule has 2 N–H and O–H groups in total. The molecule has 4 rings (SSSR count). The van der Waals surface area contributed by atoms with Gasteiger partial charge in [0.25, 0.3) is 11.8 Å². The van der Waals surface area contributed by atoms with E-state index in [2.05, 4.69) is 9.97 Å². The minimum Gasteiger partial charge on any atom is -0.423 e. The average molecular weight is 386 g/mol. The fraction of sp³-hybridized carbons (Fsp3) is 0.278. The smallest absolute Gasteiger partial charge is 0.423 e. The van der Waals surface area contributed by atoms with Crippen LogP contribution in [-0.4, -0.2) is 61.5 Å². The van der Waals surface area contributed by atoms with Crippen LogP contribution in [0.3, 0.4) is 0 Å². The Bertz CT molecular complexity index is 1030. The lowest BCUT2D eigenvalue weighted by molar-refractivity contribution is -0.0494. The molecule has 0 saturated carbocycles. The number of hydrogen-bond donors (Lipinski definition) is 2. The molecule has 0 aromatic carbocycles. The first-order chi connectivity index (χ1) is 13.3. The first-order valence-electron chi connectivity index (χ1n) is 8.80. The Kier molecular flexibility index (Phi) is 4.60. The van der Waals surface area contributed by atoms with Gasteiger partial charge < -0.3 is 14.9 Å². The van der Waals surface area contributed by atoms with Gasteiger partial charge in [0.15, 0.2) is 0 Å². The summed E-state index contributed by atoms with van der Waals surface area (Å²) in [4.78, 5) is 22.4. The fourth-order valence-corrected chi connectivity index (χ4v) is 3.29. The van der Waals surface area contributed by atoms with Crippen molar-refractivity contribution < 1.29 is 23.6 Å². The molecule has 1 amide bonds. The van der Waals surface area contributed by atoms with E-state index < -0.39 is 13.0 Å². The van der Waals surface area contributed by atoms with Gasteiger partial charge in [-0.3, -0.25) is 14.3 Å². The highest BCUT2D eigenvalue weighted by atomic mass is 19.3. The van der Waals surface area contributed by atoms with E-state index in [1.54, 1.807) is 35.2 Å². The van der Waals surface area contributed by atoms with E-state index in [9.17, 15) is 23.6 Å². The highest BCUT2D eigenvalue weighted by Gasteiger charge is 2.35. The molecule has 144 valence electrons. The average Bonchev–Trinajstić information content (AvgIpc) is 3.11. The Morgan fingerprint density at radius 1 is 1.14 bits per heavy atom. The number of aromatic nitrogens is 3. The van der Waals surface area contributed by atoms with Crippen molar-refractivity contribution in [3.05, 3.63) is 48.5 Å². The zero-order valence-corrected chi connectivity index (χ0v) is 14.8. The summed E-state index contributed by atoms with van der Waals surface area (Å²) in [5.74, 6) is -3.02. The monoisotopic (exact) mass is 386 g/mol. The molecule has 0 aliphatic carbocycles. The zero-order valence-electron chi connectivity index (χ0n) is 14.8. The Morgan fingerprint density at radius 3 is 2.61 bits per heavy atom. The lowest BCUT2D eigenvalue weighted by Crippen LogP contribution is -2.42. The normalized spacial score (nSPS) is 16.4. The number of halogens is 2. The summed E-state index contributed by atoms with van der Waals surface area (Å²) in [5.41, 5.74) is 1.74. The van der Waals surface area contributed by atoms with Crippen LogP contribution >= 0.6 is 0 Å². The van der Waals surface area contributed by atoms with Crippen LogP contribution in [0, 0.1) is 0 Å². The molecule has 1 fully saturated rings. The number of fused-ring (bicyclic) bond motifs is 1. The molecular formula is C18H17BF2N4O3. The van der Waals surface area contributed by atoms with E-state index in [1.165, 1.54) is 17.3 Å².